The molecule has 4 atom stereocenters. The molecule has 2 bridgehead atoms. The number of fused-ring (bicyclic) bond motifs is 2. The summed E-state index contributed by atoms with van der Waals surface area (Å²) < 4.78 is 31.5. The summed E-state index contributed by atoms with van der Waals surface area (Å²) in [6.07, 6.45) is -1.23. The summed E-state index contributed by atoms with van der Waals surface area (Å²) in [5.74, 6) is 0.0135. The third kappa shape index (κ3) is 5.51. The molecule has 0 spiro atoms. The van der Waals surface area contributed by atoms with Gasteiger partial charge >= 0.3 is 5.97 Å². The number of carbonyl (C=O) groups excluding carboxylic acids is 1. The van der Waals surface area contributed by atoms with Crippen LogP contribution in [0.3, 0.4) is 0 Å². The molecule has 6 rings (SSSR count). The molecule has 6 heteroatoms. The van der Waals surface area contributed by atoms with Crippen LogP contribution in [-0.2, 0) is 32.2 Å². The van der Waals surface area contributed by atoms with Crippen molar-refractivity contribution in [3.8, 4) is 5.75 Å². The standard InChI is InChI=1S/C33H30O6/c34-32(26-16-8-3-9-17-26)38-28-19-11-10-18-27(28)29-30-31(36-21-25-14-6-2-7-15-25)33(39-29,23-37-30)22-35-20-24-12-4-1-5-13-24/h1-19,29-31H,20-23H2/t29-,30+,31?,33-/m0/s1. The van der Waals surface area contributed by atoms with Crippen LogP contribution in [0.5, 0.6) is 5.75 Å². The largest absolute Gasteiger partial charge is 0.423 e. The molecule has 2 aliphatic heterocycles. The summed E-state index contributed by atoms with van der Waals surface area (Å²) in [7, 11) is 0. The first-order valence-electron chi connectivity index (χ1n) is 13.1. The van der Waals surface area contributed by atoms with Crippen molar-refractivity contribution in [2.75, 3.05) is 13.2 Å². The van der Waals surface area contributed by atoms with Crippen molar-refractivity contribution in [2.24, 2.45) is 0 Å². The highest BCUT2D eigenvalue weighted by Crippen LogP contribution is 2.50. The van der Waals surface area contributed by atoms with Crippen molar-refractivity contribution >= 4 is 5.97 Å². The summed E-state index contributed by atoms with van der Waals surface area (Å²) >= 11 is 0. The molecule has 0 amide bonds. The molecule has 0 aromatic heterocycles. The first-order valence-corrected chi connectivity index (χ1v) is 13.1. The van der Waals surface area contributed by atoms with E-state index in [1.807, 2.05) is 97.1 Å². The molecule has 198 valence electrons. The highest BCUT2D eigenvalue weighted by Gasteiger charge is 2.63. The maximum Gasteiger partial charge on any atom is 0.343 e. The van der Waals surface area contributed by atoms with E-state index in [0.29, 0.717) is 37.7 Å². The van der Waals surface area contributed by atoms with Crippen molar-refractivity contribution in [2.45, 2.75) is 37.1 Å². The lowest BCUT2D eigenvalue weighted by Gasteiger charge is -2.31. The second-order valence-corrected chi connectivity index (χ2v) is 9.87. The molecule has 2 heterocycles. The molecule has 39 heavy (non-hydrogen) atoms. The highest BCUT2D eigenvalue weighted by molar-refractivity contribution is 5.91. The summed E-state index contributed by atoms with van der Waals surface area (Å²) in [5.41, 5.74) is 2.57. The molecule has 0 aliphatic carbocycles. The van der Waals surface area contributed by atoms with E-state index in [-0.39, 0.29) is 12.2 Å². The summed E-state index contributed by atoms with van der Waals surface area (Å²) in [4.78, 5) is 12.9. The van der Waals surface area contributed by atoms with Gasteiger partial charge in [0.2, 0.25) is 0 Å². The van der Waals surface area contributed by atoms with Crippen LogP contribution in [0.1, 0.15) is 33.2 Å². The molecule has 2 fully saturated rings. The lowest BCUT2D eigenvalue weighted by molar-refractivity contribution is -0.176. The minimum absolute atomic E-state index is 0.306. The third-order valence-electron chi connectivity index (χ3n) is 7.17. The van der Waals surface area contributed by atoms with Crippen LogP contribution in [0.4, 0.5) is 0 Å². The Morgan fingerprint density at radius 2 is 1.38 bits per heavy atom. The first kappa shape index (κ1) is 25.5. The molecular weight excluding hydrogens is 492 g/mol. The number of hydrogen-bond donors (Lipinski definition) is 0. The zero-order valence-electron chi connectivity index (χ0n) is 21.5. The van der Waals surface area contributed by atoms with Crippen LogP contribution in [0.2, 0.25) is 0 Å². The SMILES string of the molecule is O=C(Oc1ccccc1[C@@H]1O[C@@]2(COCc3ccccc3)CO[C@H]1C2OCc1ccccc1)c1ccccc1. The van der Waals surface area contributed by atoms with Crippen molar-refractivity contribution in [3.05, 3.63) is 138 Å². The van der Waals surface area contributed by atoms with Gasteiger partial charge in [-0.25, -0.2) is 4.79 Å². The van der Waals surface area contributed by atoms with Crippen LogP contribution in [0, 0.1) is 0 Å². The lowest BCUT2D eigenvalue weighted by Crippen LogP contribution is -2.46. The maximum atomic E-state index is 12.9. The molecule has 6 nitrogen and oxygen atoms in total. The zero-order valence-corrected chi connectivity index (χ0v) is 21.5. The minimum Gasteiger partial charge on any atom is -0.423 e. The molecule has 0 radical (unpaired) electrons. The fourth-order valence-electron chi connectivity index (χ4n) is 5.24. The van der Waals surface area contributed by atoms with Crippen LogP contribution >= 0.6 is 0 Å². The number of ether oxygens (including phenoxy) is 5. The predicted molar refractivity (Wildman–Crippen MR) is 145 cm³/mol. The predicted octanol–water partition coefficient (Wildman–Crippen LogP) is 5.92. The van der Waals surface area contributed by atoms with E-state index < -0.39 is 17.7 Å². The van der Waals surface area contributed by atoms with Crippen molar-refractivity contribution in [1.29, 1.82) is 0 Å². The summed E-state index contributed by atoms with van der Waals surface area (Å²) in [5, 5.41) is 0. The quantitative estimate of drug-likeness (QED) is 0.190. The lowest BCUT2D eigenvalue weighted by atomic mass is 9.96. The fraction of sp³-hybridized carbons (Fsp3) is 0.242. The molecule has 2 aliphatic rings. The van der Waals surface area contributed by atoms with Gasteiger partial charge in [-0.3, -0.25) is 0 Å². The average molecular weight is 523 g/mol. The second kappa shape index (κ2) is 11.5. The van der Waals surface area contributed by atoms with Gasteiger partial charge in [0.15, 0.2) is 0 Å². The van der Waals surface area contributed by atoms with Gasteiger partial charge < -0.3 is 23.7 Å². The van der Waals surface area contributed by atoms with Gasteiger partial charge in [-0.15, -0.1) is 0 Å². The number of benzene rings is 4. The Morgan fingerprint density at radius 3 is 2.10 bits per heavy atom. The van der Waals surface area contributed by atoms with E-state index in [9.17, 15) is 4.79 Å². The van der Waals surface area contributed by atoms with Gasteiger partial charge in [0, 0.05) is 5.56 Å². The van der Waals surface area contributed by atoms with E-state index >= 15 is 0 Å². The molecule has 4 aromatic rings. The Bertz CT molecular complexity index is 1380. The van der Waals surface area contributed by atoms with Gasteiger partial charge in [-0.1, -0.05) is 97.1 Å². The number of hydrogen-bond acceptors (Lipinski definition) is 6. The van der Waals surface area contributed by atoms with E-state index in [0.717, 1.165) is 16.7 Å². The smallest absolute Gasteiger partial charge is 0.343 e. The summed E-state index contributed by atoms with van der Waals surface area (Å²) in [6.45, 7) is 1.54. The van der Waals surface area contributed by atoms with Gasteiger partial charge in [-0.05, 0) is 29.3 Å². The van der Waals surface area contributed by atoms with Crippen LogP contribution in [0.25, 0.3) is 0 Å². The topological polar surface area (TPSA) is 63.2 Å². The molecule has 0 N–H and O–H groups in total. The zero-order chi connectivity index (χ0) is 26.5. The minimum atomic E-state index is -0.796. The number of carbonyl (C=O) groups is 1. The number of rotatable bonds is 10. The Balaban J connectivity index is 1.24. The molecule has 1 unspecified atom stereocenters. The van der Waals surface area contributed by atoms with Crippen molar-refractivity contribution < 1.29 is 28.5 Å². The number of esters is 1. The van der Waals surface area contributed by atoms with Gasteiger partial charge in [0.05, 0.1) is 32.0 Å². The molecule has 2 saturated heterocycles. The average Bonchev–Trinajstić information content (AvgIpc) is 3.49. The maximum absolute atomic E-state index is 12.9. The monoisotopic (exact) mass is 522 g/mol. The number of para-hydroxylation sites is 1. The van der Waals surface area contributed by atoms with E-state index in [4.69, 9.17) is 23.7 Å². The first-order chi connectivity index (χ1) is 19.2. The van der Waals surface area contributed by atoms with E-state index in [2.05, 4.69) is 0 Å². The van der Waals surface area contributed by atoms with Gasteiger partial charge in [0.25, 0.3) is 0 Å². The Morgan fingerprint density at radius 1 is 0.769 bits per heavy atom. The fourth-order valence-corrected chi connectivity index (χ4v) is 5.24. The Kier molecular flexibility index (Phi) is 7.52. The van der Waals surface area contributed by atoms with E-state index in [1.165, 1.54) is 0 Å². The molecule has 4 aromatic carbocycles. The summed E-state index contributed by atoms with van der Waals surface area (Å²) in [6, 6.07) is 36.5. The van der Waals surface area contributed by atoms with Crippen LogP contribution < -0.4 is 4.74 Å². The van der Waals surface area contributed by atoms with Gasteiger partial charge in [-0.2, -0.15) is 0 Å². The highest BCUT2D eigenvalue weighted by atomic mass is 16.7. The molecular formula is C33H30O6. The van der Waals surface area contributed by atoms with Crippen LogP contribution in [-0.4, -0.2) is 37.0 Å². The second-order valence-electron chi connectivity index (χ2n) is 9.87. The Labute approximate surface area is 228 Å². The normalized spacial score (nSPS) is 23.5. The Hall–Kier alpha value is -3.81. The van der Waals surface area contributed by atoms with Gasteiger partial charge in [0.1, 0.15) is 29.7 Å². The third-order valence-corrected chi connectivity index (χ3v) is 7.17. The van der Waals surface area contributed by atoms with E-state index in [1.54, 1.807) is 18.2 Å². The van der Waals surface area contributed by atoms with Crippen molar-refractivity contribution in [3.63, 3.8) is 0 Å². The molecule has 0 saturated carbocycles. The van der Waals surface area contributed by atoms with Crippen LogP contribution in [0.15, 0.2) is 115 Å². The van der Waals surface area contributed by atoms with Crippen molar-refractivity contribution in [1.82, 2.24) is 0 Å².